The SMILES string of the molecule is CCOc1nc(N)c2nc(O)n(Cc3ccc(CN4CCN(C(=O)CCCCCN5C(=O)C=CC5=O)CC4)cc3OC)c2n1. The molecule has 3 aromatic rings. The van der Waals surface area contributed by atoms with E-state index < -0.39 is 0 Å². The number of hydrogen-bond donors (Lipinski definition) is 2. The Morgan fingerprint density at radius 3 is 2.45 bits per heavy atom. The molecule has 2 aromatic heterocycles. The van der Waals surface area contributed by atoms with Gasteiger partial charge in [-0.2, -0.15) is 15.0 Å². The molecule has 0 atom stereocenters. The zero-order valence-electron chi connectivity index (χ0n) is 25.1. The molecule has 0 radical (unpaired) electrons. The number of piperazine rings is 1. The van der Waals surface area contributed by atoms with Gasteiger partial charge in [-0.3, -0.25) is 28.8 Å². The molecular formula is C30H38N8O6. The Hall–Kier alpha value is -4.72. The molecule has 1 fully saturated rings. The average Bonchev–Trinajstić information content (AvgIpc) is 3.51. The van der Waals surface area contributed by atoms with Crippen LogP contribution in [0.25, 0.3) is 11.2 Å². The number of imidazole rings is 1. The summed E-state index contributed by atoms with van der Waals surface area (Å²) in [6, 6.07) is 5.85. The van der Waals surface area contributed by atoms with Crippen molar-refractivity contribution in [3.05, 3.63) is 41.5 Å². The number of rotatable bonds is 13. The number of methoxy groups -OCH3 is 1. The van der Waals surface area contributed by atoms with Crippen molar-refractivity contribution in [3.8, 4) is 17.8 Å². The predicted molar refractivity (Wildman–Crippen MR) is 161 cm³/mol. The number of carbonyl (C=O) groups is 3. The lowest BCUT2D eigenvalue weighted by molar-refractivity contribution is -0.137. The fourth-order valence-electron chi connectivity index (χ4n) is 5.46. The van der Waals surface area contributed by atoms with Crippen LogP contribution in [0.15, 0.2) is 30.4 Å². The van der Waals surface area contributed by atoms with Crippen molar-refractivity contribution in [2.24, 2.45) is 0 Å². The highest BCUT2D eigenvalue weighted by molar-refractivity contribution is 6.12. The molecule has 0 aliphatic carbocycles. The van der Waals surface area contributed by atoms with Gasteiger partial charge in [0, 0.05) is 63.4 Å². The third-order valence-corrected chi connectivity index (χ3v) is 7.84. The predicted octanol–water partition coefficient (Wildman–Crippen LogP) is 1.70. The molecular weight excluding hydrogens is 568 g/mol. The van der Waals surface area contributed by atoms with E-state index in [4.69, 9.17) is 15.2 Å². The van der Waals surface area contributed by atoms with Gasteiger partial charge in [-0.15, -0.1) is 0 Å². The number of carbonyl (C=O) groups excluding carboxylic acids is 3. The summed E-state index contributed by atoms with van der Waals surface area (Å²) in [6.45, 7) is 6.41. The maximum Gasteiger partial charge on any atom is 0.320 e. The van der Waals surface area contributed by atoms with Gasteiger partial charge in [-0.1, -0.05) is 18.6 Å². The summed E-state index contributed by atoms with van der Waals surface area (Å²) in [5, 5.41) is 10.6. The minimum atomic E-state index is -0.264. The van der Waals surface area contributed by atoms with Crippen molar-refractivity contribution in [1.82, 2.24) is 34.2 Å². The number of imide groups is 1. The molecule has 0 spiro atoms. The number of aromatic hydroxyl groups is 1. The molecule has 2 aliphatic rings. The van der Waals surface area contributed by atoms with Gasteiger partial charge in [-0.25, -0.2) is 0 Å². The maximum atomic E-state index is 12.7. The van der Waals surface area contributed by atoms with E-state index >= 15 is 0 Å². The Bertz CT molecular complexity index is 1540. The highest BCUT2D eigenvalue weighted by Crippen LogP contribution is 2.29. The Morgan fingerprint density at radius 2 is 1.75 bits per heavy atom. The van der Waals surface area contributed by atoms with E-state index in [2.05, 4.69) is 19.9 Å². The largest absolute Gasteiger partial charge is 0.496 e. The number of nitrogen functional groups attached to an aromatic ring is 1. The first-order valence-corrected chi connectivity index (χ1v) is 14.8. The van der Waals surface area contributed by atoms with E-state index in [-0.39, 0.29) is 42.1 Å². The van der Waals surface area contributed by atoms with Gasteiger partial charge in [0.15, 0.2) is 17.0 Å². The van der Waals surface area contributed by atoms with Crippen molar-refractivity contribution in [2.75, 3.05) is 52.2 Å². The Balaban J connectivity index is 1.11. The van der Waals surface area contributed by atoms with Gasteiger partial charge in [0.1, 0.15) is 5.75 Å². The van der Waals surface area contributed by atoms with E-state index in [1.54, 1.807) is 7.11 Å². The molecule has 1 saturated heterocycles. The summed E-state index contributed by atoms with van der Waals surface area (Å²) in [7, 11) is 1.61. The van der Waals surface area contributed by atoms with E-state index in [0.717, 1.165) is 37.1 Å². The molecule has 44 heavy (non-hydrogen) atoms. The minimum Gasteiger partial charge on any atom is -0.496 e. The van der Waals surface area contributed by atoms with Crippen LogP contribution in [0.2, 0.25) is 0 Å². The number of nitrogens with two attached hydrogens (primary N) is 1. The zero-order valence-corrected chi connectivity index (χ0v) is 25.1. The quantitative estimate of drug-likeness (QED) is 0.214. The summed E-state index contributed by atoms with van der Waals surface area (Å²) in [6.07, 6.45) is 5.26. The highest BCUT2D eigenvalue weighted by atomic mass is 16.5. The van der Waals surface area contributed by atoms with Gasteiger partial charge in [-0.05, 0) is 31.4 Å². The van der Waals surface area contributed by atoms with Crippen LogP contribution in [0, 0.1) is 0 Å². The molecule has 4 heterocycles. The second-order valence-corrected chi connectivity index (χ2v) is 10.8. The van der Waals surface area contributed by atoms with Crippen LogP contribution in [0.4, 0.5) is 5.82 Å². The third kappa shape index (κ3) is 6.91. The molecule has 0 bridgehead atoms. The number of aromatic nitrogens is 4. The molecule has 5 rings (SSSR count). The molecule has 3 amide bonds. The van der Waals surface area contributed by atoms with Crippen molar-refractivity contribution in [1.29, 1.82) is 0 Å². The number of amides is 3. The van der Waals surface area contributed by atoms with Gasteiger partial charge in [0.05, 0.1) is 20.3 Å². The number of fused-ring (bicyclic) bond motifs is 1. The van der Waals surface area contributed by atoms with Crippen LogP contribution < -0.4 is 15.2 Å². The van der Waals surface area contributed by atoms with Gasteiger partial charge >= 0.3 is 6.01 Å². The van der Waals surface area contributed by atoms with Crippen LogP contribution in [0.3, 0.4) is 0 Å². The maximum absolute atomic E-state index is 12.7. The van der Waals surface area contributed by atoms with Crippen molar-refractivity contribution in [2.45, 2.75) is 45.7 Å². The van der Waals surface area contributed by atoms with Crippen LogP contribution >= 0.6 is 0 Å². The summed E-state index contributed by atoms with van der Waals surface area (Å²) >= 11 is 0. The fourth-order valence-corrected chi connectivity index (χ4v) is 5.46. The van der Waals surface area contributed by atoms with Crippen LogP contribution in [0.5, 0.6) is 17.8 Å². The monoisotopic (exact) mass is 606 g/mol. The number of nitrogens with zero attached hydrogens (tertiary/aromatic N) is 7. The smallest absolute Gasteiger partial charge is 0.320 e. The first kappa shape index (κ1) is 30.7. The summed E-state index contributed by atoms with van der Waals surface area (Å²) in [4.78, 5) is 54.0. The molecule has 0 saturated carbocycles. The number of ether oxygens (including phenoxy) is 2. The Kier molecular flexibility index (Phi) is 9.58. The highest BCUT2D eigenvalue weighted by Gasteiger charge is 2.24. The molecule has 14 nitrogen and oxygen atoms in total. The molecule has 1 aromatic carbocycles. The summed E-state index contributed by atoms with van der Waals surface area (Å²) in [5.41, 5.74) is 8.58. The van der Waals surface area contributed by atoms with E-state index in [1.165, 1.54) is 21.6 Å². The first-order valence-electron chi connectivity index (χ1n) is 14.8. The molecule has 3 N–H and O–H groups in total. The molecule has 14 heteroatoms. The lowest BCUT2D eigenvalue weighted by atomic mass is 10.1. The van der Waals surface area contributed by atoms with Crippen LogP contribution in [0.1, 0.15) is 43.7 Å². The Morgan fingerprint density at radius 1 is 1.00 bits per heavy atom. The van der Waals surface area contributed by atoms with Crippen LogP contribution in [-0.2, 0) is 27.5 Å². The molecule has 2 aliphatic heterocycles. The third-order valence-electron chi connectivity index (χ3n) is 7.84. The van der Waals surface area contributed by atoms with E-state index in [9.17, 15) is 19.5 Å². The number of benzene rings is 1. The average molecular weight is 607 g/mol. The van der Waals surface area contributed by atoms with Crippen molar-refractivity contribution < 1.29 is 29.0 Å². The number of anilines is 1. The first-order chi connectivity index (χ1) is 21.3. The summed E-state index contributed by atoms with van der Waals surface area (Å²) in [5.74, 6) is 0.404. The lowest BCUT2D eigenvalue weighted by Gasteiger charge is -2.35. The van der Waals surface area contributed by atoms with E-state index in [0.29, 0.717) is 62.5 Å². The second kappa shape index (κ2) is 13.7. The second-order valence-electron chi connectivity index (χ2n) is 10.8. The number of hydrogen-bond acceptors (Lipinski definition) is 11. The topological polar surface area (TPSA) is 169 Å². The van der Waals surface area contributed by atoms with Crippen molar-refractivity contribution >= 4 is 34.7 Å². The molecule has 234 valence electrons. The number of unbranched alkanes of at least 4 members (excludes halogenated alkanes) is 2. The standard InChI is InChI=1S/C30H38N8O6/c1-3-44-29-33-27(31)26-28(34-29)38(30(42)32-26)19-21-9-8-20(17-22(21)43-2)18-35-13-15-36(16-14-35)23(39)7-5-4-6-12-37-24(40)10-11-25(37)41/h8-11,17H,3-7,12-16,18-19H2,1-2H3,(H,32,42)(H2,31,33,34). The molecule has 0 unspecified atom stereocenters. The summed E-state index contributed by atoms with van der Waals surface area (Å²) < 4.78 is 12.6. The van der Waals surface area contributed by atoms with Crippen LogP contribution in [-0.4, -0.2) is 103 Å². The van der Waals surface area contributed by atoms with Crippen molar-refractivity contribution in [3.63, 3.8) is 0 Å². The Labute approximate surface area is 255 Å². The normalized spacial score (nSPS) is 15.5. The fraction of sp³-hybridized carbons (Fsp3) is 0.467. The zero-order chi connectivity index (χ0) is 31.2. The van der Waals surface area contributed by atoms with Gasteiger partial charge < -0.3 is 25.2 Å². The van der Waals surface area contributed by atoms with E-state index in [1.807, 2.05) is 30.0 Å². The van der Waals surface area contributed by atoms with Gasteiger partial charge in [0.25, 0.3) is 17.8 Å². The minimum absolute atomic E-state index is 0.117. The van der Waals surface area contributed by atoms with Gasteiger partial charge in [0.2, 0.25) is 5.91 Å². The lowest BCUT2D eigenvalue weighted by Crippen LogP contribution is -2.48.